The van der Waals surface area contributed by atoms with Crippen molar-refractivity contribution in [3.05, 3.63) is 83.2 Å². The molecule has 3 aromatic heterocycles. The van der Waals surface area contributed by atoms with Gasteiger partial charge in [-0.1, -0.05) is 28.3 Å². The predicted molar refractivity (Wildman–Crippen MR) is 125 cm³/mol. The van der Waals surface area contributed by atoms with Crippen molar-refractivity contribution in [3.63, 3.8) is 0 Å². The first-order valence-electron chi connectivity index (χ1n) is 10.5. The summed E-state index contributed by atoms with van der Waals surface area (Å²) in [6, 6.07) is 15.6. The molecule has 0 radical (unpaired) electrons. The lowest BCUT2D eigenvalue weighted by molar-refractivity contribution is -0.143. The smallest absolute Gasteiger partial charge is 0.434 e. The van der Waals surface area contributed by atoms with E-state index in [2.05, 4.69) is 19.7 Å². The zero-order valence-electron chi connectivity index (χ0n) is 18.5. The number of ether oxygens (including phenoxy) is 1. The minimum absolute atomic E-state index is 0.179. The zero-order chi connectivity index (χ0) is 25.4. The Bertz CT molecular complexity index is 1600. The van der Waals surface area contributed by atoms with Gasteiger partial charge in [-0.25, -0.2) is 14.5 Å². The normalized spacial score (nSPS) is 11.7. The average molecular weight is 511 g/mol. The summed E-state index contributed by atoms with van der Waals surface area (Å²) in [6.07, 6.45) is -4.29. The summed E-state index contributed by atoms with van der Waals surface area (Å²) < 4.78 is 52.5. The molecule has 8 nitrogen and oxygen atoms in total. The van der Waals surface area contributed by atoms with Gasteiger partial charge in [-0.3, -0.25) is 0 Å². The first-order valence-corrected chi connectivity index (χ1v) is 11.3. The van der Waals surface area contributed by atoms with Crippen molar-refractivity contribution in [1.29, 1.82) is 0 Å². The third-order valence-corrected chi connectivity index (χ3v) is 6.04. The van der Waals surface area contributed by atoms with Crippen LogP contribution in [0.1, 0.15) is 27.2 Å². The van der Waals surface area contributed by atoms with E-state index >= 15 is 0 Å². The van der Waals surface area contributed by atoms with E-state index in [1.165, 1.54) is 23.7 Å². The number of rotatable bonds is 6. The molecule has 12 heteroatoms. The van der Waals surface area contributed by atoms with Gasteiger partial charge in [0.25, 0.3) is 0 Å². The molecule has 0 saturated heterocycles. The van der Waals surface area contributed by atoms with Gasteiger partial charge in [0.1, 0.15) is 23.4 Å². The number of alkyl halides is 3. The molecule has 0 aliphatic carbocycles. The van der Waals surface area contributed by atoms with E-state index in [0.29, 0.717) is 27.9 Å². The van der Waals surface area contributed by atoms with Crippen LogP contribution in [0.25, 0.3) is 27.3 Å². The molecule has 0 saturated carbocycles. The first kappa shape index (κ1) is 23.4. The molecule has 0 aliphatic rings. The number of halogens is 3. The van der Waals surface area contributed by atoms with Gasteiger partial charge in [-0.05, 0) is 60.4 Å². The van der Waals surface area contributed by atoms with Gasteiger partial charge in [0.05, 0.1) is 16.6 Å². The van der Waals surface area contributed by atoms with Crippen molar-refractivity contribution in [2.45, 2.75) is 19.7 Å². The number of fused-ring (bicyclic) bond motifs is 1. The Labute approximate surface area is 205 Å². The minimum Gasteiger partial charge on any atom is -0.488 e. The molecular formula is C24H16F3N5O3S. The second kappa shape index (κ2) is 9.04. The van der Waals surface area contributed by atoms with E-state index in [4.69, 9.17) is 4.74 Å². The van der Waals surface area contributed by atoms with Crippen molar-refractivity contribution < 1.29 is 27.8 Å². The van der Waals surface area contributed by atoms with Crippen LogP contribution in [-0.2, 0) is 12.8 Å². The standard InChI is InChI=1S/C24H16F3N5O3S/c1-13-5-7-19(35-12-14-6-8-20-18(10-14)30-31-36-20)15(9-13)17-3-2-4-21(29-17)32-22(24(25,26)27)16(11-28-32)23(33)34/h2-11H,12H2,1H3,(H,33,34). The van der Waals surface area contributed by atoms with Gasteiger partial charge >= 0.3 is 12.1 Å². The van der Waals surface area contributed by atoms with Gasteiger partial charge in [0.15, 0.2) is 11.5 Å². The topological polar surface area (TPSA) is 103 Å². The fourth-order valence-corrected chi connectivity index (χ4v) is 4.23. The number of aromatic nitrogens is 5. The first-order chi connectivity index (χ1) is 17.2. The number of aromatic carboxylic acids is 1. The van der Waals surface area contributed by atoms with E-state index in [0.717, 1.165) is 21.3 Å². The largest absolute Gasteiger partial charge is 0.488 e. The number of pyridine rings is 1. The van der Waals surface area contributed by atoms with E-state index in [-0.39, 0.29) is 12.4 Å². The molecule has 2 aromatic carbocycles. The lowest BCUT2D eigenvalue weighted by Crippen LogP contribution is -2.18. The second-order valence-electron chi connectivity index (χ2n) is 7.87. The number of aryl methyl sites for hydroxylation is 1. The zero-order valence-corrected chi connectivity index (χ0v) is 19.3. The second-order valence-corrected chi connectivity index (χ2v) is 8.65. The third kappa shape index (κ3) is 4.50. The van der Waals surface area contributed by atoms with Gasteiger partial charge in [0, 0.05) is 5.56 Å². The molecular weight excluding hydrogens is 495 g/mol. The Hall–Kier alpha value is -4.32. The molecule has 0 spiro atoms. The quantitative estimate of drug-likeness (QED) is 0.319. The summed E-state index contributed by atoms with van der Waals surface area (Å²) in [5.74, 6) is -1.43. The molecule has 0 aliphatic heterocycles. The SMILES string of the molecule is Cc1ccc(OCc2ccc3snnc3c2)c(-c2cccc(-n3ncc(C(=O)O)c3C(F)(F)F)n2)c1. The number of carbonyl (C=O) groups is 1. The van der Waals surface area contributed by atoms with Crippen LogP contribution in [0.4, 0.5) is 13.2 Å². The monoisotopic (exact) mass is 511 g/mol. The van der Waals surface area contributed by atoms with Crippen molar-refractivity contribution in [3.8, 4) is 22.8 Å². The molecule has 0 fully saturated rings. The molecule has 36 heavy (non-hydrogen) atoms. The van der Waals surface area contributed by atoms with Gasteiger partial charge < -0.3 is 9.84 Å². The van der Waals surface area contributed by atoms with Crippen LogP contribution in [0.2, 0.25) is 0 Å². The third-order valence-electron chi connectivity index (χ3n) is 5.34. The molecule has 0 bridgehead atoms. The summed E-state index contributed by atoms with van der Waals surface area (Å²) in [7, 11) is 0. The summed E-state index contributed by atoms with van der Waals surface area (Å²) in [5.41, 5.74) is 1.06. The lowest BCUT2D eigenvalue weighted by Gasteiger charge is -2.14. The highest BCUT2D eigenvalue weighted by Gasteiger charge is 2.41. The Morgan fingerprint density at radius 1 is 1.14 bits per heavy atom. The summed E-state index contributed by atoms with van der Waals surface area (Å²) in [5, 5.41) is 16.9. The van der Waals surface area contributed by atoms with Crippen LogP contribution in [0.3, 0.4) is 0 Å². The molecule has 1 N–H and O–H groups in total. The Morgan fingerprint density at radius 2 is 1.97 bits per heavy atom. The van der Waals surface area contributed by atoms with E-state index in [1.54, 1.807) is 12.1 Å². The van der Waals surface area contributed by atoms with Crippen molar-refractivity contribution in [1.82, 2.24) is 24.4 Å². The number of carboxylic acids is 1. The number of nitrogens with zero attached hydrogens (tertiary/aromatic N) is 5. The fourth-order valence-electron chi connectivity index (χ4n) is 3.69. The maximum Gasteiger partial charge on any atom is 0.434 e. The number of carboxylic acid groups (broad SMARTS) is 1. The molecule has 5 aromatic rings. The van der Waals surface area contributed by atoms with E-state index in [9.17, 15) is 23.1 Å². The highest BCUT2D eigenvalue weighted by molar-refractivity contribution is 7.12. The summed E-state index contributed by atoms with van der Waals surface area (Å²) in [4.78, 5) is 15.7. The molecule has 5 rings (SSSR count). The molecule has 3 heterocycles. The van der Waals surface area contributed by atoms with Crippen LogP contribution in [0.15, 0.2) is 60.8 Å². The number of hydrogen-bond acceptors (Lipinski definition) is 7. The Balaban J connectivity index is 1.51. The molecule has 0 unspecified atom stereocenters. The average Bonchev–Trinajstić information content (AvgIpc) is 3.50. The van der Waals surface area contributed by atoms with E-state index < -0.39 is 23.4 Å². The summed E-state index contributed by atoms with van der Waals surface area (Å²) in [6.45, 7) is 2.09. The van der Waals surface area contributed by atoms with Gasteiger partial charge in [-0.2, -0.15) is 18.3 Å². The Kier molecular flexibility index (Phi) is 5.88. The van der Waals surface area contributed by atoms with Crippen LogP contribution in [-0.4, -0.2) is 35.4 Å². The number of benzene rings is 2. The highest BCUT2D eigenvalue weighted by atomic mass is 32.1. The van der Waals surface area contributed by atoms with Crippen molar-refractivity contribution in [2.24, 2.45) is 0 Å². The van der Waals surface area contributed by atoms with Crippen LogP contribution in [0, 0.1) is 6.92 Å². The lowest BCUT2D eigenvalue weighted by atomic mass is 10.1. The molecule has 0 amide bonds. The van der Waals surface area contributed by atoms with E-state index in [1.807, 2.05) is 37.3 Å². The Morgan fingerprint density at radius 3 is 2.75 bits per heavy atom. The fraction of sp³-hybridized carbons (Fsp3) is 0.125. The van der Waals surface area contributed by atoms with Gasteiger partial charge in [0.2, 0.25) is 0 Å². The van der Waals surface area contributed by atoms with Gasteiger partial charge in [-0.15, -0.1) is 5.10 Å². The van der Waals surface area contributed by atoms with Crippen molar-refractivity contribution >= 4 is 27.7 Å². The maximum atomic E-state index is 13.7. The molecule has 0 atom stereocenters. The predicted octanol–water partition coefficient (Wildman–Crippen LogP) is 5.54. The minimum atomic E-state index is -4.95. The van der Waals surface area contributed by atoms with Crippen molar-refractivity contribution in [2.75, 3.05) is 0 Å². The summed E-state index contributed by atoms with van der Waals surface area (Å²) >= 11 is 1.30. The van der Waals surface area contributed by atoms with Crippen LogP contribution in [0.5, 0.6) is 5.75 Å². The van der Waals surface area contributed by atoms with Crippen LogP contribution < -0.4 is 4.74 Å². The molecule has 182 valence electrons. The maximum absolute atomic E-state index is 13.7. The number of hydrogen-bond donors (Lipinski definition) is 1. The highest BCUT2D eigenvalue weighted by Crippen LogP contribution is 2.35. The van der Waals surface area contributed by atoms with Crippen LogP contribution >= 0.6 is 11.5 Å².